The van der Waals surface area contributed by atoms with Crippen LogP contribution in [0.25, 0.3) is 11.1 Å². The summed E-state index contributed by atoms with van der Waals surface area (Å²) in [5, 5.41) is 12.1. The Bertz CT molecular complexity index is 1090. The Labute approximate surface area is 173 Å². The summed E-state index contributed by atoms with van der Waals surface area (Å²) >= 11 is 1.57. The summed E-state index contributed by atoms with van der Waals surface area (Å²) in [6.45, 7) is -0.406. The number of hydrogen-bond donors (Lipinski definition) is 1. The molecule has 3 rings (SSSR count). The van der Waals surface area contributed by atoms with Crippen molar-refractivity contribution >= 4 is 29.3 Å². The number of rotatable bonds is 6. The van der Waals surface area contributed by atoms with E-state index < -0.39 is 18.5 Å². The highest BCUT2D eigenvalue weighted by Crippen LogP contribution is 2.27. The first kappa shape index (κ1) is 20.2. The minimum Gasteiger partial charge on any atom is -0.452 e. The zero-order chi connectivity index (χ0) is 20.6. The van der Waals surface area contributed by atoms with Gasteiger partial charge in [-0.3, -0.25) is 4.79 Å². The van der Waals surface area contributed by atoms with E-state index in [1.165, 1.54) is 0 Å². The number of amides is 1. The van der Waals surface area contributed by atoms with Gasteiger partial charge in [0.05, 0.1) is 17.2 Å². The van der Waals surface area contributed by atoms with Gasteiger partial charge in [0.25, 0.3) is 5.91 Å². The van der Waals surface area contributed by atoms with E-state index in [0.29, 0.717) is 27.9 Å². The highest BCUT2D eigenvalue weighted by Gasteiger charge is 2.17. The second kappa shape index (κ2) is 9.58. The van der Waals surface area contributed by atoms with Crippen molar-refractivity contribution in [3.8, 4) is 17.2 Å². The van der Waals surface area contributed by atoms with Crippen molar-refractivity contribution in [2.45, 2.75) is 4.90 Å². The molecule has 0 fully saturated rings. The zero-order valence-corrected chi connectivity index (χ0v) is 16.5. The molecule has 1 N–H and O–H groups in total. The van der Waals surface area contributed by atoms with Crippen molar-refractivity contribution in [2.75, 3.05) is 18.2 Å². The van der Waals surface area contributed by atoms with E-state index in [-0.39, 0.29) is 0 Å². The first-order valence-electron chi connectivity index (χ1n) is 8.82. The fourth-order valence-electron chi connectivity index (χ4n) is 2.82. The Morgan fingerprint density at radius 2 is 1.72 bits per heavy atom. The van der Waals surface area contributed by atoms with Crippen molar-refractivity contribution in [3.05, 3.63) is 83.9 Å². The van der Waals surface area contributed by atoms with Gasteiger partial charge in [-0.2, -0.15) is 5.26 Å². The predicted octanol–water partition coefficient (Wildman–Crippen LogP) is 4.74. The van der Waals surface area contributed by atoms with Crippen LogP contribution in [0, 0.1) is 11.3 Å². The Kier molecular flexibility index (Phi) is 6.67. The number of nitrogens with one attached hydrogen (secondary N) is 1. The molecule has 0 aromatic heterocycles. The van der Waals surface area contributed by atoms with E-state index in [9.17, 15) is 14.9 Å². The zero-order valence-electron chi connectivity index (χ0n) is 15.7. The lowest BCUT2D eigenvalue weighted by molar-refractivity contribution is -0.119. The first-order valence-corrected chi connectivity index (χ1v) is 10.0. The van der Waals surface area contributed by atoms with E-state index >= 15 is 0 Å². The third kappa shape index (κ3) is 5.03. The molecular formula is C23H18N2O3S. The largest absolute Gasteiger partial charge is 0.452 e. The third-order valence-corrected chi connectivity index (χ3v) is 4.90. The average molecular weight is 402 g/mol. The van der Waals surface area contributed by atoms with Gasteiger partial charge in [-0.1, -0.05) is 42.5 Å². The molecule has 0 saturated heterocycles. The molecule has 0 unspecified atom stereocenters. The van der Waals surface area contributed by atoms with Gasteiger partial charge in [0.1, 0.15) is 0 Å². The molecular weight excluding hydrogens is 384 g/mol. The van der Waals surface area contributed by atoms with Crippen LogP contribution in [-0.4, -0.2) is 24.7 Å². The molecule has 0 atom stereocenters. The standard InChI is InChI=1S/C23H18N2O3S/c1-29-18-9-6-8-17(13-18)25-22(26)15-28-23(27)21-12-5-4-11-20(21)19-10-3-2-7-16(19)14-24/h2-13H,15H2,1H3,(H,25,26). The summed E-state index contributed by atoms with van der Waals surface area (Å²) in [6, 6.07) is 23.4. The van der Waals surface area contributed by atoms with Crippen molar-refractivity contribution < 1.29 is 14.3 Å². The van der Waals surface area contributed by atoms with Gasteiger partial charge in [-0.05, 0) is 42.2 Å². The van der Waals surface area contributed by atoms with E-state index in [0.717, 1.165) is 4.90 Å². The van der Waals surface area contributed by atoms with Gasteiger partial charge in [0, 0.05) is 16.1 Å². The van der Waals surface area contributed by atoms with Gasteiger partial charge in [-0.15, -0.1) is 11.8 Å². The first-order chi connectivity index (χ1) is 14.1. The third-order valence-electron chi connectivity index (χ3n) is 4.17. The van der Waals surface area contributed by atoms with Crippen LogP contribution in [0.5, 0.6) is 0 Å². The summed E-state index contributed by atoms with van der Waals surface area (Å²) in [5.74, 6) is -1.05. The number of esters is 1. The maximum atomic E-state index is 12.6. The monoisotopic (exact) mass is 402 g/mol. The number of carbonyl (C=O) groups is 2. The molecule has 0 aliphatic carbocycles. The van der Waals surface area contributed by atoms with Crippen LogP contribution < -0.4 is 5.32 Å². The lowest BCUT2D eigenvalue weighted by Gasteiger charge is -2.11. The maximum absolute atomic E-state index is 12.6. The normalized spacial score (nSPS) is 10.1. The van der Waals surface area contributed by atoms with Crippen LogP contribution in [0.3, 0.4) is 0 Å². The number of nitrogens with zero attached hydrogens (tertiary/aromatic N) is 1. The quantitative estimate of drug-likeness (QED) is 0.476. The van der Waals surface area contributed by atoms with Crippen LogP contribution in [0.1, 0.15) is 15.9 Å². The van der Waals surface area contributed by atoms with Gasteiger partial charge in [0.15, 0.2) is 6.61 Å². The molecule has 0 heterocycles. The second-order valence-electron chi connectivity index (χ2n) is 6.06. The van der Waals surface area contributed by atoms with E-state index in [2.05, 4.69) is 11.4 Å². The Morgan fingerprint density at radius 3 is 2.48 bits per heavy atom. The minimum absolute atomic E-state index is 0.299. The molecule has 144 valence electrons. The van der Waals surface area contributed by atoms with E-state index in [1.807, 2.05) is 24.5 Å². The van der Waals surface area contributed by atoms with E-state index in [4.69, 9.17) is 4.74 Å². The molecule has 0 bridgehead atoms. The number of thioether (sulfide) groups is 1. The Hall–Kier alpha value is -3.56. The Morgan fingerprint density at radius 1 is 1.00 bits per heavy atom. The number of anilines is 1. The topological polar surface area (TPSA) is 79.2 Å². The van der Waals surface area contributed by atoms with E-state index in [1.54, 1.807) is 66.4 Å². The molecule has 0 aliphatic heterocycles. The van der Waals surface area contributed by atoms with Gasteiger partial charge >= 0.3 is 5.97 Å². The lowest BCUT2D eigenvalue weighted by Crippen LogP contribution is -2.21. The molecule has 1 amide bonds. The number of ether oxygens (including phenoxy) is 1. The van der Waals surface area contributed by atoms with Crippen molar-refractivity contribution in [1.82, 2.24) is 0 Å². The average Bonchev–Trinajstić information content (AvgIpc) is 2.77. The molecule has 3 aromatic carbocycles. The van der Waals surface area contributed by atoms with Crippen molar-refractivity contribution in [1.29, 1.82) is 5.26 Å². The summed E-state index contributed by atoms with van der Waals surface area (Å²) in [6.07, 6.45) is 1.95. The molecule has 0 spiro atoms. The number of benzene rings is 3. The van der Waals surface area contributed by atoms with Crippen LogP contribution in [0.2, 0.25) is 0 Å². The summed E-state index contributed by atoms with van der Waals surface area (Å²) in [5.41, 5.74) is 2.62. The SMILES string of the molecule is CSc1cccc(NC(=O)COC(=O)c2ccccc2-c2ccccc2C#N)c1. The smallest absolute Gasteiger partial charge is 0.339 e. The van der Waals surface area contributed by atoms with Gasteiger partial charge in [-0.25, -0.2) is 4.79 Å². The number of carbonyl (C=O) groups excluding carboxylic acids is 2. The number of hydrogen-bond acceptors (Lipinski definition) is 5. The molecule has 3 aromatic rings. The highest BCUT2D eigenvalue weighted by molar-refractivity contribution is 7.98. The molecule has 0 radical (unpaired) electrons. The maximum Gasteiger partial charge on any atom is 0.339 e. The highest BCUT2D eigenvalue weighted by atomic mass is 32.2. The van der Waals surface area contributed by atoms with Crippen LogP contribution in [0.15, 0.2) is 77.7 Å². The van der Waals surface area contributed by atoms with Gasteiger partial charge in [0.2, 0.25) is 0 Å². The van der Waals surface area contributed by atoms with Crippen molar-refractivity contribution in [2.24, 2.45) is 0 Å². The summed E-state index contributed by atoms with van der Waals surface area (Å²) in [7, 11) is 0. The fraction of sp³-hybridized carbons (Fsp3) is 0.0870. The fourth-order valence-corrected chi connectivity index (χ4v) is 3.28. The lowest BCUT2D eigenvalue weighted by atomic mass is 9.96. The Balaban J connectivity index is 1.72. The van der Waals surface area contributed by atoms with Gasteiger partial charge < -0.3 is 10.1 Å². The molecule has 5 nitrogen and oxygen atoms in total. The van der Waals surface area contributed by atoms with Crippen LogP contribution >= 0.6 is 11.8 Å². The molecule has 0 saturated carbocycles. The second-order valence-corrected chi connectivity index (χ2v) is 6.94. The molecule has 6 heteroatoms. The molecule has 29 heavy (non-hydrogen) atoms. The van der Waals surface area contributed by atoms with Crippen LogP contribution in [0.4, 0.5) is 5.69 Å². The summed E-state index contributed by atoms with van der Waals surface area (Å²) in [4.78, 5) is 25.8. The summed E-state index contributed by atoms with van der Waals surface area (Å²) < 4.78 is 5.22. The van der Waals surface area contributed by atoms with Crippen molar-refractivity contribution in [3.63, 3.8) is 0 Å². The van der Waals surface area contributed by atoms with Crippen LogP contribution in [-0.2, 0) is 9.53 Å². The molecule has 0 aliphatic rings. The minimum atomic E-state index is -0.624. The predicted molar refractivity (Wildman–Crippen MR) is 114 cm³/mol. The number of nitriles is 1.